The van der Waals surface area contributed by atoms with Crippen molar-refractivity contribution in [3.8, 4) is 0 Å². The molecule has 2 aromatic carbocycles. The van der Waals surface area contributed by atoms with E-state index in [1.165, 1.54) is 17.0 Å². The summed E-state index contributed by atoms with van der Waals surface area (Å²) >= 11 is 0. The lowest BCUT2D eigenvalue weighted by molar-refractivity contribution is -0.244. The number of carbonyl (C=O) groups is 2. The van der Waals surface area contributed by atoms with Crippen molar-refractivity contribution in [3.63, 3.8) is 0 Å². The summed E-state index contributed by atoms with van der Waals surface area (Å²) in [7, 11) is 0. The van der Waals surface area contributed by atoms with Crippen LogP contribution in [-0.4, -0.2) is 57.8 Å². The number of amides is 1. The van der Waals surface area contributed by atoms with Crippen LogP contribution in [0.25, 0.3) is 0 Å². The third-order valence-electron chi connectivity index (χ3n) is 6.19. The maximum absolute atomic E-state index is 14.9. The minimum absolute atomic E-state index is 0.117. The van der Waals surface area contributed by atoms with E-state index >= 15 is 0 Å². The maximum Gasteiger partial charge on any atom is 0.492 e. The number of rotatable bonds is 6. The molecule has 1 unspecified atom stereocenters. The lowest BCUT2D eigenvalue weighted by Gasteiger charge is -2.40. The van der Waals surface area contributed by atoms with Gasteiger partial charge in [-0.25, -0.2) is 14.3 Å². The quantitative estimate of drug-likeness (QED) is 0.488. The Labute approximate surface area is 214 Å². The van der Waals surface area contributed by atoms with Crippen LogP contribution in [0.15, 0.2) is 59.4 Å². The predicted octanol–water partition coefficient (Wildman–Crippen LogP) is 3.58. The highest BCUT2D eigenvalue weighted by atomic mass is 19.4. The molecule has 3 aromatic rings. The van der Waals surface area contributed by atoms with E-state index in [0.29, 0.717) is 28.8 Å². The van der Waals surface area contributed by atoms with Crippen molar-refractivity contribution < 1.29 is 32.0 Å². The minimum Gasteiger partial charge on any atom is -0.361 e. The largest absolute Gasteiger partial charge is 0.492 e. The summed E-state index contributed by atoms with van der Waals surface area (Å²) < 4.78 is 53.0. The molecular formula is C26H24F4N4O4. The molecule has 0 spiro atoms. The zero-order valence-corrected chi connectivity index (χ0v) is 20.3. The number of aromatic nitrogens is 2. The van der Waals surface area contributed by atoms with Crippen molar-refractivity contribution in [3.05, 3.63) is 98.7 Å². The average Bonchev–Trinajstić information content (AvgIpc) is 2.90. The van der Waals surface area contributed by atoms with E-state index in [2.05, 4.69) is 15.0 Å². The second-order valence-electron chi connectivity index (χ2n) is 8.75. The van der Waals surface area contributed by atoms with Crippen LogP contribution in [0.4, 0.5) is 17.6 Å². The Morgan fingerprint density at radius 1 is 1.11 bits per heavy atom. The van der Waals surface area contributed by atoms with Gasteiger partial charge in [0, 0.05) is 18.5 Å². The second-order valence-corrected chi connectivity index (χ2v) is 8.75. The molecule has 1 aliphatic rings. The summed E-state index contributed by atoms with van der Waals surface area (Å²) in [5.74, 6) is -3.78. The zero-order valence-electron chi connectivity index (χ0n) is 20.3. The third kappa shape index (κ3) is 6.08. The predicted molar refractivity (Wildman–Crippen MR) is 127 cm³/mol. The Kier molecular flexibility index (Phi) is 7.91. The smallest absolute Gasteiger partial charge is 0.361 e. The van der Waals surface area contributed by atoms with Gasteiger partial charge in [0.25, 0.3) is 11.5 Å². The van der Waals surface area contributed by atoms with Crippen LogP contribution in [0.1, 0.15) is 45.7 Å². The molecule has 12 heteroatoms. The number of hydrogen-bond acceptors (Lipinski definition) is 6. The van der Waals surface area contributed by atoms with Crippen molar-refractivity contribution >= 4 is 11.9 Å². The van der Waals surface area contributed by atoms with Crippen molar-refractivity contribution in [2.75, 3.05) is 19.6 Å². The molecule has 1 amide bonds. The summed E-state index contributed by atoms with van der Waals surface area (Å²) in [6.07, 6.45) is -4.44. The molecule has 0 saturated carbocycles. The van der Waals surface area contributed by atoms with E-state index in [4.69, 9.17) is 0 Å². The highest BCUT2D eigenvalue weighted by Gasteiger charge is 2.44. The van der Waals surface area contributed by atoms with Crippen LogP contribution >= 0.6 is 0 Å². The number of benzene rings is 2. The number of hydroxylamine groups is 2. The molecule has 0 bridgehead atoms. The highest BCUT2D eigenvalue weighted by molar-refractivity contribution is 5.95. The SMILES string of the molecule is CCc1cc(Cc2ccc(F)c(C(=O)N3CCN(OC(=O)C(F)(F)F)CC3c3ccccc3)c2)n[nH]c1=O. The molecule has 2 heterocycles. The van der Waals surface area contributed by atoms with Crippen LogP contribution in [0.3, 0.4) is 0 Å². The Hall–Kier alpha value is -4.06. The van der Waals surface area contributed by atoms with Gasteiger partial charge in [0.05, 0.1) is 30.4 Å². The summed E-state index contributed by atoms with van der Waals surface area (Å²) in [4.78, 5) is 42.6. The van der Waals surface area contributed by atoms with Gasteiger partial charge in [-0.05, 0) is 35.7 Å². The number of halogens is 4. The molecule has 1 N–H and O–H groups in total. The molecule has 200 valence electrons. The first kappa shape index (κ1) is 27.0. The number of nitrogens with one attached hydrogen (secondary N) is 1. The second kappa shape index (κ2) is 11.1. The monoisotopic (exact) mass is 532 g/mol. The normalized spacial score (nSPS) is 16.3. The van der Waals surface area contributed by atoms with Crippen LogP contribution in [0.5, 0.6) is 0 Å². The Morgan fingerprint density at radius 2 is 1.84 bits per heavy atom. The van der Waals surface area contributed by atoms with Gasteiger partial charge >= 0.3 is 12.1 Å². The zero-order chi connectivity index (χ0) is 27.4. The van der Waals surface area contributed by atoms with Gasteiger partial charge in [-0.15, -0.1) is 5.06 Å². The molecule has 1 aliphatic heterocycles. The van der Waals surface area contributed by atoms with Crippen LogP contribution in [-0.2, 0) is 22.5 Å². The number of piperazine rings is 1. The summed E-state index contributed by atoms with van der Waals surface area (Å²) in [6.45, 7) is 1.28. The fourth-order valence-corrected chi connectivity index (χ4v) is 4.27. The van der Waals surface area contributed by atoms with Gasteiger partial charge in [0.1, 0.15) is 5.82 Å². The van der Waals surface area contributed by atoms with Gasteiger partial charge < -0.3 is 9.74 Å². The maximum atomic E-state index is 14.9. The first-order valence-electron chi connectivity index (χ1n) is 11.8. The molecular weight excluding hydrogens is 508 g/mol. The minimum atomic E-state index is -5.17. The topological polar surface area (TPSA) is 95.6 Å². The number of H-pyrrole nitrogens is 1. The third-order valence-corrected chi connectivity index (χ3v) is 6.19. The fraction of sp³-hybridized carbons (Fsp3) is 0.308. The molecule has 38 heavy (non-hydrogen) atoms. The number of aromatic amines is 1. The number of carbonyl (C=O) groups excluding carboxylic acids is 2. The first-order chi connectivity index (χ1) is 18.1. The average molecular weight is 532 g/mol. The van der Waals surface area contributed by atoms with Gasteiger partial charge in [-0.1, -0.05) is 43.3 Å². The number of hydrogen-bond donors (Lipinski definition) is 1. The van der Waals surface area contributed by atoms with E-state index in [1.54, 1.807) is 36.4 Å². The molecule has 4 rings (SSSR count). The van der Waals surface area contributed by atoms with E-state index in [9.17, 15) is 31.9 Å². The molecule has 8 nitrogen and oxygen atoms in total. The summed E-state index contributed by atoms with van der Waals surface area (Å²) in [6, 6.07) is 13.4. The lowest BCUT2D eigenvalue weighted by atomic mass is 10.00. The van der Waals surface area contributed by atoms with Gasteiger partial charge in [0.15, 0.2) is 0 Å². The molecule has 1 aromatic heterocycles. The van der Waals surface area contributed by atoms with E-state index in [0.717, 1.165) is 11.1 Å². The van der Waals surface area contributed by atoms with Crippen LogP contribution in [0, 0.1) is 5.82 Å². The number of nitrogens with zero attached hydrogens (tertiary/aromatic N) is 3. The van der Waals surface area contributed by atoms with E-state index in [-0.39, 0.29) is 37.2 Å². The first-order valence-corrected chi connectivity index (χ1v) is 11.8. The standard InChI is InChI=1S/C26H24F4N4O4/c1-2-17-14-19(31-32-23(17)35)12-16-8-9-21(27)20(13-16)24(36)34-11-10-33(38-25(37)26(28,29)30)15-22(34)18-6-4-3-5-7-18/h3-9,13-14,22H,2,10-12,15H2,1H3,(H,32,35). The number of alkyl halides is 3. The molecule has 1 atom stereocenters. The fourth-order valence-electron chi connectivity index (χ4n) is 4.27. The highest BCUT2D eigenvalue weighted by Crippen LogP contribution is 2.29. The molecule has 1 fully saturated rings. The van der Waals surface area contributed by atoms with Gasteiger partial charge in [-0.3, -0.25) is 9.59 Å². The van der Waals surface area contributed by atoms with Crippen molar-refractivity contribution in [1.82, 2.24) is 20.2 Å². The van der Waals surface area contributed by atoms with Gasteiger partial charge in [-0.2, -0.15) is 18.3 Å². The molecule has 1 saturated heterocycles. The van der Waals surface area contributed by atoms with Crippen molar-refractivity contribution in [1.29, 1.82) is 0 Å². The summed E-state index contributed by atoms with van der Waals surface area (Å²) in [5, 5.41) is 7.30. The van der Waals surface area contributed by atoms with Gasteiger partial charge in [0.2, 0.25) is 0 Å². The van der Waals surface area contributed by atoms with Crippen molar-refractivity contribution in [2.24, 2.45) is 0 Å². The lowest BCUT2D eigenvalue weighted by Crippen LogP contribution is -2.52. The Bertz CT molecular complexity index is 1380. The molecule has 0 aliphatic carbocycles. The van der Waals surface area contributed by atoms with E-state index in [1.807, 2.05) is 6.92 Å². The van der Waals surface area contributed by atoms with Crippen LogP contribution in [0.2, 0.25) is 0 Å². The van der Waals surface area contributed by atoms with Crippen molar-refractivity contribution in [2.45, 2.75) is 32.0 Å². The van der Waals surface area contributed by atoms with Crippen LogP contribution < -0.4 is 5.56 Å². The Morgan fingerprint density at radius 3 is 2.53 bits per heavy atom. The Balaban J connectivity index is 1.60. The molecule has 0 radical (unpaired) electrons. The number of aryl methyl sites for hydroxylation is 1. The van der Waals surface area contributed by atoms with E-state index < -0.39 is 29.9 Å². The summed E-state index contributed by atoms with van der Waals surface area (Å²) in [5.41, 5.74) is 1.72.